The van der Waals surface area contributed by atoms with Gasteiger partial charge in [-0.05, 0) is 42.3 Å². The van der Waals surface area contributed by atoms with Crippen LogP contribution in [-0.4, -0.2) is 50.8 Å². The fraction of sp³-hybridized carbons (Fsp3) is 0.381. The van der Waals surface area contributed by atoms with Crippen molar-refractivity contribution < 1.29 is 22.7 Å². The molecular formula is C21H24F3N3O2. The monoisotopic (exact) mass is 407 g/mol. The molecule has 0 spiro atoms. The molecule has 2 aromatic rings. The Labute approximate surface area is 168 Å². The minimum absolute atomic E-state index is 0.151. The lowest BCUT2D eigenvalue weighted by molar-refractivity contribution is -0.137. The average molecular weight is 407 g/mol. The van der Waals surface area contributed by atoms with Crippen molar-refractivity contribution in [2.24, 2.45) is 0 Å². The zero-order chi connectivity index (χ0) is 20.9. The number of nitrogens with zero attached hydrogens (tertiary/aromatic N) is 2. The van der Waals surface area contributed by atoms with Gasteiger partial charge in [0.1, 0.15) is 5.75 Å². The number of hydrogen-bond acceptors (Lipinski definition) is 3. The van der Waals surface area contributed by atoms with Crippen LogP contribution in [0.2, 0.25) is 0 Å². The molecule has 1 aliphatic heterocycles. The number of anilines is 1. The summed E-state index contributed by atoms with van der Waals surface area (Å²) in [7, 11) is 1.61. The van der Waals surface area contributed by atoms with Crippen molar-refractivity contribution in [3.05, 3.63) is 59.7 Å². The third-order valence-electron chi connectivity index (χ3n) is 4.95. The van der Waals surface area contributed by atoms with Crippen LogP contribution in [-0.2, 0) is 12.6 Å². The van der Waals surface area contributed by atoms with Gasteiger partial charge in [-0.3, -0.25) is 0 Å². The molecule has 29 heavy (non-hydrogen) atoms. The Morgan fingerprint density at radius 1 is 1.07 bits per heavy atom. The van der Waals surface area contributed by atoms with E-state index in [-0.39, 0.29) is 6.03 Å². The van der Waals surface area contributed by atoms with Crippen molar-refractivity contribution in [3.8, 4) is 5.75 Å². The van der Waals surface area contributed by atoms with Gasteiger partial charge in [-0.2, -0.15) is 13.2 Å². The van der Waals surface area contributed by atoms with Crippen LogP contribution in [0.4, 0.5) is 23.7 Å². The van der Waals surface area contributed by atoms with Crippen LogP contribution in [0.15, 0.2) is 48.5 Å². The first-order valence-electron chi connectivity index (χ1n) is 9.45. The highest BCUT2D eigenvalue weighted by Crippen LogP contribution is 2.31. The van der Waals surface area contributed by atoms with Gasteiger partial charge in [-0.25, -0.2) is 4.79 Å². The molecule has 0 atom stereocenters. The quantitative estimate of drug-likeness (QED) is 0.820. The first-order valence-corrected chi connectivity index (χ1v) is 9.45. The van der Waals surface area contributed by atoms with Crippen LogP contribution in [0.3, 0.4) is 0 Å². The van der Waals surface area contributed by atoms with Gasteiger partial charge in [0, 0.05) is 38.4 Å². The van der Waals surface area contributed by atoms with E-state index < -0.39 is 11.7 Å². The van der Waals surface area contributed by atoms with E-state index in [9.17, 15) is 18.0 Å². The van der Waals surface area contributed by atoms with Crippen molar-refractivity contribution in [2.75, 3.05) is 44.7 Å². The van der Waals surface area contributed by atoms with Crippen molar-refractivity contribution in [3.63, 3.8) is 0 Å². The molecule has 2 amide bonds. The fourth-order valence-corrected chi connectivity index (χ4v) is 3.26. The van der Waals surface area contributed by atoms with E-state index in [2.05, 4.69) is 5.32 Å². The summed E-state index contributed by atoms with van der Waals surface area (Å²) in [5.41, 5.74) is 0.966. The van der Waals surface area contributed by atoms with Crippen molar-refractivity contribution >= 4 is 11.7 Å². The molecule has 0 saturated carbocycles. The SMILES string of the molecule is COc1ccc(CCNC(=O)N2CCN(c3cccc(C(F)(F)F)c3)CC2)cc1. The predicted octanol–water partition coefficient (Wildman–Crippen LogP) is 3.79. The van der Waals surface area contributed by atoms with Gasteiger partial charge in [0.15, 0.2) is 0 Å². The Bertz CT molecular complexity index is 817. The van der Waals surface area contributed by atoms with E-state index in [1.807, 2.05) is 29.2 Å². The number of methoxy groups -OCH3 is 1. The first kappa shape index (κ1) is 20.8. The Hall–Kier alpha value is -2.90. The van der Waals surface area contributed by atoms with Crippen LogP contribution in [0.25, 0.3) is 0 Å². The van der Waals surface area contributed by atoms with E-state index in [0.29, 0.717) is 44.8 Å². The summed E-state index contributed by atoms with van der Waals surface area (Å²) in [5, 5.41) is 2.90. The molecule has 0 radical (unpaired) electrons. The predicted molar refractivity (Wildman–Crippen MR) is 105 cm³/mol. The number of rotatable bonds is 5. The summed E-state index contributed by atoms with van der Waals surface area (Å²) in [6.45, 7) is 2.43. The second-order valence-corrected chi connectivity index (χ2v) is 6.85. The van der Waals surface area contributed by atoms with Crippen LogP contribution >= 0.6 is 0 Å². The van der Waals surface area contributed by atoms with E-state index in [1.54, 1.807) is 18.1 Å². The Kier molecular flexibility index (Phi) is 6.51. The minimum Gasteiger partial charge on any atom is -0.497 e. The number of carbonyl (C=O) groups is 1. The number of carbonyl (C=O) groups excluding carboxylic acids is 1. The summed E-state index contributed by atoms with van der Waals surface area (Å²) < 4.78 is 43.8. The zero-order valence-electron chi connectivity index (χ0n) is 16.2. The molecule has 0 bridgehead atoms. The van der Waals surface area contributed by atoms with E-state index in [1.165, 1.54) is 6.07 Å². The average Bonchev–Trinajstić information content (AvgIpc) is 2.74. The second-order valence-electron chi connectivity index (χ2n) is 6.85. The molecule has 5 nitrogen and oxygen atoms in total. The lowest BCUT2D eigenvalue weighted by Crippen LogP contribution is -2.52. The Balaban J connectivity index is 1.45. The number of urea groups is 1. The summed E-state index contributed by atoms with van der Waals surface area (Å²) >= 11 is 0. The largest absolute Gasteiger partial charge is 0.497 e. The molecular weight excluding hydrogens is 383 g/mol. The molecule has 0 aliphatic carbocycles. The van der Waals surface area contributed by atoms with Crippen LogP contribution in [0, 0.1) is 0 Å². The van der Waals surface area contributed by atoms with Gasteiger partial charge in [0.05, 0.1) is 12.7 Å². The smallest absolute Gasteiger partial charge is 0.416 e. The topological polar surface area (TPSA) is 44.8 Å². The molecule has 8 heteroatoms. The number of piperazine rings is 1. The third-order valence-corrected chi connectivity index (χ3v) is 4.95. The maximum atomic E-state index is 12.9. The van der Waals surface area contributed by atoms with E-state index >= 15 is 0 Å². The molecule has 1 aliphatic rings. The molecule has 3 rings (SSSR count). The highest BCUT2D eigenvalue weighted by Gasteiger charge is 2.31. The molecule has 0 unspecified atom stereocenters. The van der Waals surface area contributed by atoms with E-state index in [0.717, 1.165) is 23.4 Å². The van der Waals surface area contributed by atoms with Crippen LogP contribution < -0.4 is 15.0 Å². The number of alkyl halides is 3. The van der Waals surface area contributed by atoms with Gasteiger partial charge in [-0.15, -0.1) is 0 Å². The van der Waals surface area contributed by atoms with Gasteiger partial charge in [-0.1, -0.05) is 18.2 Å². The number of benzene rings is 2. The highest BCUT2D eigenvalue weighted by atomic mass is 19.4. The van der Waals surface area contributed by atoms with Gasteiger partial charge in [0.25, 0.3) is 0 Å². The lowest BCUT2D eigenvalue weighted by atomic mass is 10.1. The van der Waals surface area contributed by atoms with Crippen LogP contribution in [0.5, 0.6) is 5.75 Å². The van der Waals surface area contributed by atoms with Gasteiger partial charge in [0.2, 0.25) is 0 Å². The van der Waals surface area contributed by atoms with Crippen LogP contribution in [0.1, 0.15) is 11.1 Å². The van der Waals surface area contributed by atoms with Crippen molar-refractivity contribution in [1.29, 1.82) is 0 Å². The number of ether oxygens (including phenoxy) is 1. The maximum Gasteiger partial charge on any atom is 0.416 e. The fourth-order valence-electron chi connectivity index (χ4n) is 3.26. The highest BCUT2D eigenvalue weighted by molar-refractivity contribution is 5.74. The number of nitrogens with one attached hydrogen (secondary N) is 1. The Morgan fingerprint density at radius 2 is 1.76 bits per heavy atom. The first-order chi connectivity index (χ1) is 13.9. The number of halogens is 3. The summed E-state index contributed by atoms with van der Waals surface area (Å²) in [6.07, 6.45) is -3.65. The Morgan fingerprint density at radius 3 is 2.38 bits per heavy atom. The number of amides is 2. The normalized spacial score (nSPS) is 14.6. The zero-order valence-corrected chi connectivity index (χ0v) is 16.2. The minimum atomic E-state index is -4.36. The molecule has 1 saturated heterocycles. The third kappa shape index (κ3) is 5.56. The second kappa shape index (κ2) is 9.07. The molecule has 1 heterocycles. The van der Waals surface area contributed by atoms with Gasteiger partial charge < -0.3 is 19.9 Å². The van der Waals surface area contributed by atoms with Gasteiger partial charge >= 0.3 is 12.2 Å². The number of hydrogen-bond donors (Lipinski definition) is 1. The standard InChI is InChI=1S/C21H24F3N3O2/c1-29-19-7-5-16(6-8-19)9-10-25-20(28)27-13-11-26(12-14-27)18-4-2-3-17(15-18)21(22,23)24/h2-8,15H,9-14H2,1H3,(H,25,28). The molecule has 2 aromatic carbocycles. The molecule has 0 aromatic heterocycles. The van der Waals surface area contributed by atoms with E-state index in [4.69, 9.17) is 4.74 Å². The molecule has 156 valence electrons. The molecule has 1 N–H and O–H groups in total. The lowest BCUT2D eigenvalue weighted by Gasteiger charge is -2.36. The van der Waals surface area contributed by atoms with Crippen molar-refractivity contribution in [2.45, 2.75) is 12.6 Å². The maximum absolute atomic E-state index is 12.9. The summed E-state index contributed by atoms with van der Waals surface area (Å²) in [5.74, 6) is 0.788. The van der Waals surface area contributed by atoms with Crippen molar-refractivity contribution in [1.82, 2.24) is 10.2 Å². The summed E-state index contributed by atoms with van der Waals surface area (Å²) in [6, 6.07) is 12.8. The summed E-state index contributed by atoms with van der Waals surface area (Å²) in [4.78, 5) is 15.9. The molecule has 1 fully saturated rings.